The molecule has 0 radical (unpaired) electrons. The molecule has 4 aromatic carbocycles. The number of hydrogen-bond donors (Lipinski definition) is 0. The van der Waals surface area contributed by atoms with Crippen LogP contribution >= 0.6 is 0 Å². The minimum absolute atomic E-state index is 0.0224. The second-order valence-corrected chi connectivity index (χ2v) is 12.5. The van der Waals surface area contributed by atoms with Crippen LogP contribution in [0.15, 0.2) is 163 Å². The largest absolute Gasteiger partial charge is 0.455 e. The lowest BCUT2D eigenvalue weighted by atomic mass is 9.79. The molecule has 0 bridgehead atoms. The van der Waals surface area contributed by atoms with E-state index in [1.807, 2.05) is 42.7 Å². The third-order valence-electron chi connectivity index (χ3n) is 9.56. The van der Waals surface area contributed by atoms with Gasteiger partial charge in [0.05, 0.1) is 17.0 Å². The smallest absolute Gasteiger partial charge is 0.163 e. The maximum absolute atomic E-state index is 6.44. The second kappa shape index (κ2) is 12.8. The Hall–Kier alpha value is -6.13. The van der Waals surface area contributed by atoms with Crippen molar-refractivity contribution in [3.63, 3.8) is 0 Å². The zero-order valence-electron chi connectivity index (χ0n) is 27.5. The maximum atomic E-state index is 6.44. The molecule has 49 heavy (non-hydrogen) atoms. The summed E-state index contributed by atoms with van der Waals surface area (Å²) in [6.45, 7) is 8.85. The molecule has 8 rings (SSSR count). The van der Waals surface area contributed by atoms with Crippen LogP contribution in [-0.2, 0) is 0 Å². The topological polar surface area (TPSA) is 51.8 Å². The van der Waals surface area contributed by atoms with Crippen molar-refractivity contribution in [3.8, 4) is 11.4 Å². The predicted octanol–water partition coefficient (Wildman–Crippen LogP) is 11.6. The first-order valence-corrected chi connectivity index (χ1v) is 16.7. The fraction of sp³-hybridized carbons (Fsp3) is 0.0889. The summed E-state index contributed by atoms with van der Waals surface area (Å²) in [7, 11) is 0. The lowest BCUT2D eigenvalue weighted by Crippen LogP contribution is -2.15. The van der Waals surface area contributed by atoms with Crippen LogP contribution < -0.4 is 0 Å². The molecule has 0 amide bonds. The van der Waals surface area contributed by atoms with Crippen LogP contribution in [0.3, 0.4) is 0 Å². The van der Waals surface area contributed by atoms with Gasteiger partial charge in [-0.3, -0.25) is 4.98 Å². The van der Waals surface area contributed by atoms with Gasteiger partial charge >= 0.3 is 0 Å². The normalized spacial score (nSPS) is 16.5. The Bertz CT molecular complexity index is 2490. The predicted molar refractivity (Wildman–Crippen MR) is 204 cm³/mol. The molecular formula is C45H35N3O. The monoisotopic (exact) mass is 633 g/mol. The highest BCUT2D eigenvalue weighted by atomic mass is 16.3. The molecule has 0 aliphatic heterocycles. The first-order valence-electron chi connectivity index (χ1n) is 16.7. The SMILES string of the molecule is C=C(/C=C\C(=C/C)c1cccc2ccccc12)c1cc(C2C=CC=C(c3cccnc3)[C@H]2C)nc(-c2cccc3c2oc2ccccc23)n1. The Morgan fingerprint density at radius 3 is 2.47 bits per heavy atom. The molecule has 4 nitrogen and oxygen atoms in total. The first-order chi connectivity index (χ1) is 24.1. The maximum Gasteiger partial charge on any atom is 0.163 e. The van der Waals surface area contributed by atoms with Gasteiger partial charge in [0.2, 0.25) is 0 Å². The zero-order chi connectivity index (χ0) is 33.3. The molecule has 0 saturated carbocycles. The third kappa shape index (κ3) is 5.62. The minimum Gasteiger partial charge on any atom is -0.455 e. The molecule has 236 valence electrons. The molecule has 0 N–H and O–H groups in total. The third-order valence-corrected chi connectivity index (χ3v) is 9.56. The van der Waals surface area contributed by atoms with E-state index in [2.05, 4.69) is 135 Å². The Balaban J connectivity index is 1.23. The van der Waals surface area contributed by atoms with Crippen LogP contribution in [0.25, 0.3) is 60.8 Å². The molecule has 2 atom stereocenters. The molecule has 4 heteroatoms. The van der Waals surface area contributed by atoms with Crippen molar-refractivity contribution in [3.05, 3.63) is 181 Å². The summed E-state index contributed by atoms with van der Waals surface area (Å²) in [5, 5.41) is 4.55. The van der Waals surface area contributed by atoms with Crippen molar-refractivity contribution in [2.75, 3.05) is 0 Å². The number of hydrogen-bond acceptors (Lipinski definition) is 4. The van der Waals surface area contributed by atoms with E-state index in [1.165, 1.54) is 21.9 Å². The average molecular weight is 634 g/mol. The second-order valence-electron chi connectivity index (χ2n) is 12.5. The first kappa shape index (κ1) is 30.2. The van der Waals surface area contributed by atoms with Gasteiger partial charge in [0, 0.05) is 29.1 Å². The van der Waals surface area contributed by atoms with E-state index in [0.29, 0.717) is 5.82 Å². The summed E-state index contributed by atoms with van der Waals surface area (Å²) in [5.41, 5.74) is 9.64. The molecule has 1 unspecified atom stereocenters. The summed E-state index contributed by atoms with van der Waals surface area (Å²) in [5.74, 6) is 0.802. The molecule has 0 fully saturated rings. The van der Waals surface area contributed by atoms with E-state index in [0.717, 1.165) is 55.6 Å². The van der Waals surface area contributed by atoms with E-state index in [9.17, 15) is 0 Å². The van der Waals surface area contributed by atoms with Crippen molar-refractivity contribution in [1.29, 1.82) is 0 Å². The van der Waals surface area contributed by atoms with Crippen molar-refractivity contribution < 1.29 is 4.42 Å². The number of allylic oxidation sites excluding steroid dienone is 9. The van der Waals surface area contributed by atoms with Gasteiger partial charge in [0.1, 0.15) is 11.2 Å². The van der Waals surface area contributed by atoms with Crippen LogP contribution in [-0.4, -0.2) is 15.0 Å². The number of rotatable bonds is 7. The Labute approximate surface area is 286 Å². The van der Waals surface area contributed by atoms with E-state index in [4.69, 9.17) is 14.4 Å². The highest BCUT2D eigenvalue weighted by molar-refractivity contribution is 6.09. The quantitative estimate of drug-likeness (QED) is 0.164. The lowest BCUT2D eigenvalue weighted by Gasteiger charge is -2.27. The number of benzene rings is 4. The van der Waals surface area contributed by atoms with E-state index >= 15 is 0 Å². The molecule has 7 aromatic rings. The van der Waals surface area contributed by atoms with Crippen LogP contribution in [0.1, 0.15) is 42.3 Å². The van der Waals surface area contributed by atoms with Gasteiger partial charge < -0.3 is 4.42 Å². The highest BCUT2D eigenvalue weighted by Crippen LogP contribution is 2.40. The van der Waals surface area contributed by atoms with Crippen LogP contribution in [0, 0.1) is 5.92 Å². The number of fused-ring (bicyclic) bond motifs is 4. The number of pyridine rings is 1. The van der Waals surface area contributed by atoms with Gasteiger partial charge in [-0.05, 0) is 75.7 Å². The standard InChI is InChI=1S/C45H35N3O/c1-4-31(36-20-9-14-32-13-5-6-16-37(32)36)25-24-29(2)41-27-42(35-19-10-18-34(30(35)3)33-15-12-26-46-28-33)48-45(47-41)40-22-11-21-39-38-17-7-8-23-43(38)49-44(39)40/h4-28,30,35H,2H2,1,3H3/b25-24-,31-4+/t30-,35?/m1/s1. The van der Waals surface area contributed by atoms with Gasteiger partial charge in [-0.25, -0.2) is 9.97 Å². The highest BCUT2D eigenvalue weighted by Gasteiger charge is 2.27. The number of furan rings is 1. The van der Waals surface area contributed by atoms with Crippen molar-refractivity contribution in [2.45, 2.75) is 19.8 Å². The fourth-order valence-electron chi connectivity index (χ4n) is 6.98. The molecule has 1 aliphatic carbocycles. The average Bonchev–Trinajstić information content (AvgIpc) is 3.54. The zero-order valence-corrected chi connectivity index (χ0v) is 27.5. The lowest BCUT2D eigenvalue weighted by molar-refractivity contribution is 0.635. The van der Waals surface area contributed by atoms with Crippen LogP contribution in [0.4, 0.5) is 0 Å². The molecule has 0 saturated heterocycles. The van der Waals surface area contributed by atoms with Gasteiger partial charge in [0.25, 0.3) is 0 Å². The summed E-state index contributed by atoms with van der Waals surface area (Å²) in [6, 6.07) is 35.4. The van der Waals surface area contributed by atoms with Crippen molar-refractivity contribution >= 4 is 49.4 Å². The van der Waals surface area contributed by atoms with Gasteiger partial charge in [-0.1, -0.05) is 129 Å². The number of aromatic nitrogens is 3. The Morgan fingerprint density at radius 1 is 0.816 bits per heavy atom. The summed E-state index contributed by atoms with van der Waals surface area (Å²) >= 11 is 0. The Kier molecular flexibility index (Phi) is 7.90. The van der Waals surface area contributed by atoms with Crippen LogP contribution in [0.2, 0.25) is 0 Å². The fourth-order valence-corrected chi connectivity index (χ4v) is 6.98. The van der Waals surface area contributed by atoms with Crippen molar-refractivity contribution in [2.24, 2.45) is 5.92 Å². The Morgan fingerprint density at radius 2 is 1.61 bits per heavy atom. The molecular weight excluding hydrogens is 599 g/mol. The summed E-state index contributed by atoms with van der Waals surface area (Å²) < 4.78 is 6.44. The van der Waals surface area contributed by atoms with Gasteiger partial charge in [-0.2, -0.15) is 0 Å². The van der Waals surface area contributed by atoms with E-state index in [1.54, 1.807) is 0 Å². The van der Waals surface area contributed by atoms with Crippen LogP contribution in [0.5, 0.6) is 0 Å². The molecule has 3 heterocycles. The number of nitrogens with zero attached hydrogens (tertiary/aromatic N) is 3. The molecule has 0 spiro atoms. The molecule has 3 aromatic heterocycles. The van der Waals surface area contributed by atoms with E-state index < -0.39 is 0 Å². The summed E-state index contributed by atoms with van der Waals surface area (Å²) in [4.78, 5) is 14.8. The molecule has 1 aliphatic rings. The summed E-state index contributed by atoms with van der Waals surface area (Å²) in [6.07, 6.45) is 16.6. The van der Waals surface area contributed by atoms with E-state index in [-0.39, 0.29) is 11.8 Å². The minimum atomic E-state index is 0.0224. The van der Waals surface area contributed by atoms with Gasteiger partial charge in [-0.15, -0.1) is 0 Å². The van der Waals surface area contributed by atoms with Gasteiger partial charge in [0.15, 0.2) is 5.82 Å². The van der Waals surface area contributed by atoms with Crippen molar-refractivity contribution in [1.82, 2.24) is 15.0 Å². The number of para-hydroxylation sites is 2.